The number of para-hydroxylation sites is 1. The van der Waals surface area contributed by atoms with E-state index in [1.807, 2.05) is 56.3 Å². The fourth-order valence-electron chi connectivity index (χ4n) is 2.16. The molecule has 5 heteroatoms. The highest BCUT2D eigenvalue weighted by molar-refractivity contribution is 9.10. The van der Waals surface area contributed by atoms with E-state index in [-0.39, 0.29) is 12.1 Å². The molecule has 3 nitrogen and oxygen atoms in total. The Morgan fingerprint density at radius 3 is 2.52 bits per heavy atom. The molecule has 112 valence electrons. The summed E-state index contributed by atoms with van der Waals surface area (Å²) in [7, 11) is 0. The summed E-state index contributed by atoms with van der Waals surface area (Å²) >= 11 is 9.79. The van der Waals surface area contributed by atoms with Gasteiger partial charge in [0.05, 0.1) is 12.1 Å². The van der Waals surface area contributed by atoms with E-state index in [2.05, 4.69) is 21.4 Å². The molecule has 1 unspecified atom stereocenters. The average molecular weight is 370 g/mol. The van der Waals surface area contributed by atoms with Crippen molar-refractivity contribution in [2.24, 2.45) is 5.84 Å². The summed E-state index contributed by atoms with van der Waals surface area (Å²) in [5, 5.41) is 0.653. The van der Waals surface area contributed by atoms with Gasteiger partial charge in [-0.15, -0.1) is 0 Å². The van der Waals surface area contributed by atoms with E-state index in [1.54, 1.807) is 0 Å². The molecule has 2 aromatic carbocycles. The lowest BCUT2D eigenvalue weighted by atomic mass is 9.98. The Hall–Kier alpha value is -1.07. The summed E-state index contributed by atoms with van der Waals surface area (Å²) in [5.74, 6) is 6.57. The number of hydrogen-bond donors (Lipinski definition) is 2. The number of hydrogen-bond acceptors (Lipinski definition) is 3. The van der Waals surface area contributed by atoms with E-state index in [0.717, 1.165) is 21.3 Å². The van der Waals surface area contributed by atoms with Crippen molar-refractivity contribution >= 4 is 27.5 Å². The van der Waals surface area contributed by atoms with Gasteiger partial charge in [-0.1, -0.05) is 45.7 Å². The van der Waals surface area contributed by atoms with Gasteiger partial charge >= 0.3 is 0 Å². The maximum absolute atomic E-state index is 6.32. The number of nitrogens with one attached hydrogen (secondary N) is 1. The molecule has 0 heterocycles. The lowest BCUT2D eigenvalue weighted by Crippen LogP contribution is -2.29. The molecular weight excluding hydrogens is 352 g/mol. The topological polar surface area (TPSA) is 47.3 Å². The fourth-order valence-corrected chi connectivity index (χ4v) is 2.77. The third-order valence-corrected chi connectivity index (χ3v) is 3.87. The number of benzene rings is 2. The lowest BCUT2D eigenvalue weighted by Gasteiger charge is -2.22. The molecule has 0 bridgehead atoms. The second-order valence-electron chi connectivity index (χ2n) is 4.97. The van der Waals surface area contributed by atoms with Crippen molar-refractivity contribution < 1.29 is 4.74 Å². The summed E-state index contributed by atoms with van der Waals surface area (Å²) in [4.78, 5) is 0. The van der Waals surface area contributed by atoms with Crippen molar-refractivity contribution in [1.29, 1.82) is 0 Å². The molecule has 2 rings (SSSR count). The minimum atomic E-state index is -0.245. The molecule has 1 atom stereocenters. The molecule has 0 saturated heterocycles. The molecule has 0 aromatic heterocycles. The van der Waals surface area contributed by atoms with Crippen LogP contribution in [-0.2, 0) is 0 Å². The van der Waals surface area contributed by atoms with Crippen LogP contribution in [0, 0.1) is 0 Å². The predicted octanol–water partition coefficient (Wildman–Crippen LogP) is 4.44. The molecule has 0 amide bonds. The van der Waals surface area contributed by atoms with Gasteiger partial charge in [0, 0.05) is 15.1 Å². The summed E-state index contributed by atoms with van der Waals surface area (Å²) in [6.45, 7) is 3.99. The van der Waals surface area contributed by atoms with Gasteiger partial charge in [-0.25, -0.2) is 5.43 Å². The molecule has 0 saturated carbocycles. The highest BCUT2D eigenvalue weighted by atomic mass is 79.9. The molecule has 2 aromatic rings. The Kier molecular flexibility index (Phi) is 5.65. The molecular formula is C16H18BrClN2O. The van der Waals surface area contributed by atoms with Crippen LogP contribution >= 0.6 is 27.5 Å². The van der Waals surface area contributed by atoms with E-state index < -0.39 is 0 Å². The van der Waals surface area contributed by atoms with Crippen molar-refractivity contribution in [2.45, 2.75) is 26.0 Å². The second kappa shape index (κ2) is 7.27. The van der Waals surface area contributed by atoms with Gasteiger partial charge in [-0.05, 0) is 43.7 Å². The zero-order valence-corrected chi connectivity index (χ0v) is 14.3. The van der Waals surface area contributed by atoms with Crippen LogP contribution in [0.1, 0.15) is 31.0 Å². The third kappa shape index (κ3) is 3.98. The van der Waals surface area contributed by atoms with E-state index in [0.29, 0.717) is 5.02 Å². The number of halogens is 2. The van der Waals surface area contributed by atoms with Crippen molar-refractivity contribution in [3.05, 3.63) is 63.1 Å². The summed E-state index contributed by atoms with van der Waals surface area (Å²) in [5.41, 5.74) is 4.68. The highest BCUT2D eigenvalue weighted by Crippen LogP contribution is 2.34. The molecule has 0 spiro atoms. The lowest BCUT2D eigenvalue weighted by molar-refractivity contribution is 0.238. The zero-order chi connectivity index (χ0) is 15.4. The summed E-state index contributed by atoms with van der Waals surface area (Å²) in [6.07, 6.45) is 0.0857. The monoisotopic (exact) mass is 368 g/mol. The van der Waals surface area contributed by atoms with Crippen LogP contribution in [0.5, 0.6) is 5.75 Å². The number of rotatable bonds is 5. The summed E-state index contributed by atoms with van der Waals surface area (Å²) < 4.78 is 6.82. The number of ether oxygens (including phenoxy) is 1. The SMILES string of the molecule is CC(C)Oc1ccccc1C(NN)c1cc(Br)ccc1Cl. The number of hydrazine groups is 1. The Bertz CT molecular complexity index is 619. The van der Waals surface area contributed by atoms with Crippen molar-refractivity contribution in [3.63, 3.8) is 0 Å². The maximum atomic E-state index is 6.32. The van der Waals surface area contributed by atoms with E-state index in [4.69, 9.17) is 22.2 Å². The van der Waals surface area contributed by atoms with Gasteiger partial charge in [-0.3, -0.25) is 5.84 Å². The van der Waals surface area contributed by atoms with Crippen LogP contribution in [-0.4, -0.2) is 6.10 Å². The normalized spacial score (nSPS) is 12.5. The standard InChI is InChI=1S/C16H18BrClN2O/c1-10(2)21-15-6-4-3-5-12(15)16(20-19)13-9-11(17)7-8-14(13)18/h3-10,16,20H,19H2,1-2H3. The van der Waals surface area contributed by atoms with Crippen LogP contribution in [0.4, 0.5) is 0 Å². The minimum absolute atomic E-state index is 0.0857. The molecule has 0 aliphatic carbocycles. The summed E-state index contributed by atoms with van der Waals surface area (Å²) in [6, 6.07) is 13.3. The third-order valence-electron chi connectivity index (χ3n) is 3.03. The van der Waals surface area contributed by atoms with Gasteiger partial charge in [-0.2, -0.15) is 0 Å². The second-order valence-corrected chi connectivity index (χ2v) is 6.29. The highest BCUT2D eigenvalue weighted by Gasteiger charge is 2.20. The molecule has 21 heavy (non-hydrogen) atoms. The van der Waals surface area contributed by atoms with Crippen LogP contribution in [0.3, 0.4) is 0 Å². The van der Waals surface area contributed by atoms with Crippen molar-refractivity contribution in [3.8, 4) is 5.75 Å². The first kappa shape index (κ1) is 16.3. The van der Waals surface area contributed by atoms with Crippen LogP contribution in [0.2, 0.25) is 5.02 Å². The molecule has 0 aliphatic heterocycles. The van der Waals surface area contributed by atoms with Crippen LogP contribution in [0.15, 0.2) is 46.9 Å². The quantitative estimate of drug-likeness (QED) is 0.605. The van der Waals surface area contributed by atoms with Crippen LogP contribution < -0.4 is 16.0 Å². The fraction of sp³-hybridized carbons (Fsp3) is 0.250. The van der Waals surface area contributed by atoms with Gasteiger partial charge in [0.2, 0.25) is 0 Å². The maximum Gasteiger partial charge on any atom is 0.124 e. The first-order valence-corrected chi connectivity index (χ1v) is 7.86. The Labute approximate surface area is 138 Å². The zero-order valence-electron chi connectivity index (χ0n) is 11.9. The van der Waals surface area contributed by atoms with E-state index >= 15 is 0 Å². The van der Waals surface area contributed by atoms with Crippen molar-refractivity contribution in [2.75, 3.05) is 0 Å². The Morgan fingerprint density at radius 2 is 1.86 bits per heavy atom. The molecule has 0 fully saturated rings. The van der Waals surface area contributed by atoms with Gasteiger partial charge in [0.25, 0.3) is 0 Å². The minimum Gasteiger partial charge on any atom is -0.491 e. The average Bonchev–Trinajstić information content (AvgIpc) is 2.44. The molecule has 0 aliphatic rings. The van der Waals surface area contributed by atoms with Crippen LogP contribution in [0.25, 0.3) is 0 Å². The Balaban J connectivity index is 2.49. The van der Waals surface area contributed by atoms with E-state index in [1.165, 1.54) is 0 Å². The molecule has 0 radical (unpaired) electrons. The number of nitrogens with two attached hydrogens (primary N) is 1. The molecule has 3 N–H and O–H groups in total. The first-order chi connectivity index (χ1) is 10.0. The van der Waals surface area contributed by atoms with E-state index in [9.17, 15) is 0 Å². The smallest absolute Gasteiger partial charge is 0.124 e. The Morgan fingerprint density at radius 1 is 1.14 bits per heavy atom. The largest absolute Gasteiger partial charge is 0.491 e. The van der Waals surface area contributed by atoms with Gasteiger partial charge < -0.3 is 4.74 Å². The van der Waals surface area contributed by atoms with Crippen molar-refractivity contribution in [1.82, 2.24) is 5.43 Å². The van der Waals surface area contributed by atoms with Gasteiger partial charge in [0.1, 0.15) is 5.75 Å². The first-order valence-electron chi connectivity index (χ1n) is 6.69. The van der Waals surface area contributed by atoms with Gasteiger partial charge in [0.15, 0.2) is 0 Å². The predicted molar refractivity (Wildman–Crippen MR) is 90.5 cm³/mol.